The highest BCUT2D eigenvalue weighted by atomic mass is 35.5. The number of anilines is 1. The monoisotopic (exact) mass is 423 g/mol. The normalized spacial score (nSPS) is 21.2. The third-order valence-electron chi connectivity index (χ3n) is 5.45. The summed E-state index contributed by atoms with van der Waals surface area (Å²) >= 11 is 5.93. The first-order valence-electron chi connectivity index (χ1n) is 9.19. The SMILES string of the molecule is Cl.O=C1C(NC(=O)C2(n3cccn3)CCNCC2)CCN1c1ccc(Cl)cc1. The molecule has 3 heterocycles. The zero-order chi connectivity index (χ0) is 18.9. The zero-order valence-electron chi connectivity index (χ0n) is 15.3. The molecule has 2 amide bonds. The molecule has 7 nitrogen and oxygen atoms in total. The summed E-state index contributed by atoms with van der Waals surface area (Å²) in [6, 6.07) is 8.47. The van der Waals surface area contributed by atoms with E-state index in [0.717, 1.165) is 18.8 Å². The minimum atomic E-state index is -0.747. The van der Waals surface area contributed by atoms with Crippen molar-refractivity contribution in [2.45, 2.75) is 30.8 Å². The van der Waals surface area contributed by atoms with Crippen molar-refractivity contribution in [1.29, 1.82) is 0 Å². The maximum absolute atomic E-state index is 13.2. The van der Waals surface area contributed by atoms with Crippen molar-refractivity contribution in [2.24, 2.45) is 0 Å². The van der Waals surface area contributed by atoms with Crippen LogP contribution in [0.15, 0.2) is 42.7 Å². The molecule has 1 aromatic carbocycles. The van der Waals surface area contributed by atoms with Crippen LogP contribution in [-0.4, -0.2) is 47.3 Å². The third kappa shape index (κ3) is 3.74. The number of benzene rings is 1. The summed E-state index contributed by atoms with van der Waals surface area (Å²) in [5, 5.41) is 11.2. The Morgan fingerprint density at radius 3 is 2.61 bits per heavy atom. The Morgan fingerprint density at radius 2 is 1.96 bits per heavy atom. The summed E-state index contributed by atoms with van der Waals surface area (Å²) in [7, 11) is 0. The molecule has 150 valence electrons. The van der Waals surface area contributed by atoms with Crippen LogP contribution in [0.25, 0.3) is 0 Å². The summed E-state index contributed by atoms with van der Waals surface area (Å²) in [6.45, 7) is 2.05. The standard InChI is InChI=1S/C19H22ClN5O2.ClH/c20-14-2-4-15(5-3-14)24-13-6-16(17(24)26)23-18(27)19(7-10-21-11-8-19)25-12-1-9-22-25;/h1-5,9,12,16,21H,6-8,10-11,13H2,(H,23,27);1H. The van der Waals surface area contributed by atoms with Gasteiger partial charge in [-0.05, 0) is 62.7 Å². The van der Waals surface area contributed by atoms with E-state index in [2.05, 4.69) is 15.7 Å². The quantitative estimate of drug-likeness (QED) is 0.787. The fraction of sp³-hybridized carbons (Fsp3) is 0.421. The van der Waals surface area contributed by atoms with Crippen molar-refractivity contribution < 1.29 is 9.59 Å². The lowest BCUT2D eigenvalue weighted by molar-refractivity contribution is -0.135. The fourth-order valence-electron chi connectivity index (χ4n) is 3.91. The zero-order valence-corrected chi connectivity index (χ0v) is 16.9. The van der Waals surface area contributed by atoms with Gasteiger partial charge in [-0.2, -0.15) is 5.10 Å². The summed E-state index contributed by atoms with van der Waals surface area (Å²) in [4.78, 5) is 27.8. The maximum Gasteiger partial charge on any atom is 0.249 e. The molecule has 2 saturated heterocycles. The number of halogens is 2. The number of nitrogens with zero attached hydrogens (tertiary/aromatic N) is 3. The Morgan fingerprint density at radius 1 is 1.25 bits per heavy atom. The largest absolute Gasteiger partial charge is 0.342 e. The first-order chi connectivity index (χ1) is 13.1. The Bertz CT molecular complexity index is 819. The number of hydrogen-bond donors (Lipinski definition) is 2. The number of hydrogen-bond acceptors (Lipinski definition) is 4. The molecule has 4 rings (SSSR count). The second kappa shape index (κ2) is 8.51. The smallest absolute Gasteiger partial charge is 0.249 e. The van der Waals surface area contributed by atoms with E-state index in [1.54, 1.807) is 27.9 Å². The van der Waals surface area contributed by atoms with Gasteiger partial charge in [0.1, 0.15) is 11.6 Å². The summed E-state index contributed by atoms with van der Waals surface area (Å²) in [5.74, 6) is -0.223. The molecule has 1 aromatic heterocycles. The molecule has 0 aliphatic carbocycles. The number of carbonyl (C=O) groups is 2. The average molecular weight is 424 g/mol. The summed E-state index contributed by atoms with van der Waals surface area (Å²) in [6.07, 6.45) is 5.37. The van der Waals surface area contributed by atoms with Crippen LogP contribution in [0.2, 0.25) is 5.02 Å². The Balaban J connectivity index is 0.00000225. The summed E-state index contributed by atoms with van der Waals surface area (Å²) < 4.78 is 1.74. The number of carbonyl (C=O) groups excluding carboxylic acids is 2. The highest BCUT2D eigenvalue weighted by Gasteiger charge is 2.44. The van der Waals surface area contributed by atoms with E-state index in [1.165, 1.54) is 0 Å². The molecule has 0 radical (unpaired) electrons. The number of amides is 2. The van der Waals surface area contributed by atoms with E-state index >= 15 is 0 Å². The molecule has 0 spiro atoms. The lowest BCUT2D eigenvalue weighted by Gasteiger charge is -2.37. The second-order valence-corrected chi connectivity index (χ2v) is 7.45. The van der Waals surface area contributed by atoms with Gasteiger partial charge in [-0.1, -0.05) is 11.6 Å². The van der Waals surface area contributed by atoms with Gasteiger partial charge in [-0.25, -0.2) is 0 Å². The van der Waals surface area contributed by atoms with Gasteiger partial charge < -0.3 is 15.5 Å². The maximum atomic E-state index is 13.2. The van der Waals surface area contributed by atoms with Gasteiger partial charge in [-0.15, -0.1) is 12.4 Å². The molecule has 0 saturated carbocycles. The van der Waals surface area contributed by atoms with Crippen LogP contribution in [0.4, 0.5) is 5.69 Å². The van der Waals surface area contributed by atoms with Crippen LogP contribution < -0.4 is 15.5 Å². The molecule has 9 heteroatoms. The topological polar surface area (TPSA) is 79.3 Å². The molecule has 1 atom stereocenters. The minimum Gasteiger partial charge on any atom is -0.342 e. The van der Waals surface area contributed by atoms with E-state index in [1.807, 2.05) is 24.4 Å². The molecule has 2 fully saturated rings. The van der Waals surface area contributed by atoms with E-state index < -0.39 is 11.6 Å². The third-order valence-corrected chi connectivity index (χ3v) is 5.70. The van der Waals surface area contributed by atoms with Gasteiger partial charge in [0.15, 0.2) is 0 Å². The van der Waals surface area contributed by atoms with Crippen LogP contribution in [0.1, 0.15) is 19.3 Å². The predicted molar refractivity (Wildman–Crippen MR) is 110 cm³/mol. The number of rotatable bonds is 4. The van der Waals surface area contributed by atoms with E-state index in [4.69, 9.17) is 11.6 Å². The highest BCUT2D eigenvalue weighted by molar-refractivity contribution is 6.30. The fourth-order valence-corrected chi connectivity index (χ4v) is 4.03. The Labute approximate surface area is 174 Å². The lowest BCUT2D eigenvalue weighted by Crippen LogP contribution is -2.57. The van der Waals surface area contributed by atoms with E-state index in [9.17, 15) is 9.59 Å². The molecule has 2 aliphatic heterocycles. The van der Waals surface area contributed by atoms with Crippen LogP contribution in [0.5, 0.6) is 0 Å². The van der Waals surface area contributed by atoms with Crippen molar-refractivity contribution in [3.63, 3.8) is 0 Å². The average Bonchev–Trinajstić information content (AvgIpc) is 3.35. The molecule has 1 unspecified atom stereocenters. The number of nitrogens with one attached hydrogen (secondary N) is 2. The van der Waals surface area contributed by atoms with Gasteiger partial charge >= 0.3 is 0 Å². The van der Waals surface area contributed by atoms with Crippen LogP contribution in [-0.2, 0) is 15.1 Å². The minimum absolute atomic E-state index is 0. The van der Waals surface area contributed by atoms with Crippen LogP contribution in [0.3, 0.4) is 0 Å². The highest BCUT2D eigenvalue weighted by Crippen LogP contribution is 2.29. The molecule has 2 aliphatic rings. The van der Waals surface area contributed by atoms with Crippen LogP contribution in [0, 0.1) is 0 Å². The number of piperidine rings is 1. The first-order valence-corrected chi connectivity index (χ1v) is 9.57. The number of aromatic nitrogens is 2. The summed E-state index contributed by atoms with van der Waals surface area (Å²) in [5.41, 5.74) is 0.0488. The molecular formula is C19H23Cl2N5O2. The van der Waals surface area contributed by atoms with Crippen molar-refractivity contribution in [3.8, 4) is 0 Å². The predicted octanol–water partition coefficient (Wildman–Crippen LogP) is 1.96. The molecule has 28 heavy (non-hydrogen) atoms. The molecule has 2 N–H and O–H groups in total. The van der Waals surface area contributed by atoms with E-state index in [0.29, 0.717) is 30.8 Å². The van der Waals surface area contributed by atoms with E-state index in [-0.39, 0.29) is 24.2 Å². The second-order valence-electron chi connectivity index (χ2n) is 7.01. The van der Waals surface area contributed by atoms with Crippen molar-refractivity contribution in [2.75, 3.05) is 24.5 Å². The van der Waals surface area contributed by atoms with Gasteiger partial charge in [0, 0.05) is 29.6 Å². The Kier molecular flexibility index (Phi) is 6.27. The van der Waals surface area contributed by atoms with Crippen molar-refractivity contribution in [1.82, 2.24) is 20.4 Å². The lowest BCUT2D eigenvalue weighted by atomic mass is 9.87. The van der Waals surface area contributed by atoms with Gasteiger partial charge in [0.25, 0.3) is 0 Å². The molecule has 0 bridgehead atoms. The van der Waals surface area contributed by atoms with Crippen LogP contribution >= 0.6 is 24.0 Å². The molecule has 2 aromatic rings. The first kappa shape index (κ1) is 20.6. The Hall–Kier alpha value is -2.09. The van der Waals surface area contributed by atoms with Crippen molar-refractivity contribution >= 4 is 41.5 Å². The van der Waals surface area contributed by atoms with Gasteiger partial charge in [-0.3, -0.25) is 14.3 Å². The molecular weight excluding hydrogens is 401 g/mol. The van der Waals surface area contributed by atoms with Gasteiger partial charge in [0.05, 0.1) is 0 Å². The van der Waals surface area contributed by atoms with Gasteiger partial charge in [0.2, 0.25) is 11.8 Å². The van der Waals surface area contributed by atoms with Crippen molar-refractivity contribution in [3.05, 3.63) is 47.7 Å².